The van der Waals surface area contributed by atoms with Crippen molar-refractivity contribution in [2.45, 2.75) is 20.4 Å². The predicted octanol–water partition coefficient (Wildman–Crippen LogP) is 0.0143. The van der Waals surface area contributed by atoms with Gasteiger partial charge in [-0.3, -0.25) is 14.4 Å². The second-order valence-corrected chi connectivity index (χ2v) is 4.55. The summed E-state index contributed by atoms with van der Waals surface area (Å²) < 4.78 is 10.9. The van der Waals surface area contributed by atoms with Gasteiger partial charge in [-0.05, 0) is 25.5 Å². The molecule has 0 radical (unpaired) electrons. The molecule has 1 aromatic heterocycles. The van der Waals surface area contributed by atoms with Gasteiger partial charge in [0, 0.05) is 19.3 Å². The number of nitrogens with one attached hydrogen (secondary N) is 1. The second kappa shape index (κ2) is 7.58. The number of aromatic nitrogens is 1. The van der Waals surface area contributed by atoms with E-state index in [-0.39, 0.29) is 12.1 Å². The van der Waals surface area contributed by atoms with Gasteiger partial charge in [0.25, 0.3) is 11.5 Å². The molecule has 116 valence electrons. The number of hydrogen-bond acceptors (Lipinski definition) is 5. The highest BCUT2D eigenvalue weighted by Crippen LogP contribution is 2.06. The SMILES string of the molecule is COCCn1c(C)cc(C)c(C(=O)NCC(=O)OC)c1=O. The maximum Gasteiger partial charge on any atom is 0.325 e. The third kappa shape index (κ3) is 4.16. The van der Waals surface area contributed by atoms with Gasteiger partial charge in [-0.25, -0.2) is 0 Å². The van der Waals surface area contributed by atoms with Crippen LogP contribution in [-0.2, 0) is 20.8 Å². The minimum absolute atomic E-state index is 0.0283. The van der Waals surface area contributed by atoms with Crippen molar-refractivity contribution in [3.8, 4) is 0 Å². The molecule has 0 aliphatic rings. The van der Waals surface area contributed by atoms with E-state index in [9.17, 15) is 14.4 Å². The highest BCUT2D eigenvalue weighted by Gasteiger charge is 2.18. The summed E-state index contributed by atoms with van der Waals surface area (Å²) in [4.78, 5) is 35.5. The lowest BCUT2D eigenvalue weighted by molar-refractivity contribution is -0.139. The van der Waals surface area contributed by atoms with E-state index in [4.69, 9.17) is 4.74 Å². The minimum atomic E-state index is -0.589. The zero-order chi connectivity index (χ0) is 16.0. The molecule has 0 aliphatic heterocycles. The van der Waals surface area contributed by atoms with Crippen molar-refractivity contribution in [2.75, 3.05) is 27.4 Å². The van der Waals surface area contributed by atoms with E-state index in [1.807, 2.05) is 0 Å². The standard InChI is InChI=1S/C14H20N2O5/c1-9-7-10(2)16(5-6-20-3)14(19)12(9)13(18)15-8-11(17)21-4/h7H,5-6,8H2,1-4H3,(H,15,18). The maximum atomic E-state index is 12.4. The molecule has 1 N–H and O–H groups in total. The smallest absolute Gasteiger partial charge is 0.325 e. The van der Waals surface area contributed by atoms with Crippen molar-refractivity contribution in [2.24, 2.45) is 0 Å². The summed E-state index contributed by atoms with van der Waals surface area (Å²) in [5.74, 6) is -1.16. The third-order valence-electron chi connectivity index (χ3n) is 3.07. The Kier molecular flexibility index (Phi) is 6.10. The lowest BCUT2D eigenvalue weighted by atomic mass is 10.1. The topological polar surface area (TPSA) is 86.6 Å². The van der Waals surface area contributed by atoms with Crippen LogP contribution in [0.5, 0.6) is 0 Å². The molecule has 0 aromatic carbocycles. The largest absolute Gasteiger partial charge is 0.468 e. The van der Waals surface area contributed by atoms with E-state index < -0.39 is 17.4 Å². The monoisotopic (exact) mass is 296 g/mol. The molecule has 0 unspecified atom stereocenters. The van der Waals surface area contributed by atoms with E-state index in [0.29, 0.717) is 18.7 Å². The Morgan fingerprint density at radius 1 is 1.29 bits per heavy atom. The number of amides is 1. The number of hydrogen-bond donors (Lipinski definition) is 1. The molecule has 0 aliphatic carbocycles. The molecular weight excluding hydrogens is 276 g/mol. The third-order valence-corrected chi connectivity index (χ3v) is 3.07. The number of pyridine rings is 1. The van der Waals surface area contributed by atoms with Crippen LogP contribution in [0.15, 0.2) is 10.9 Å². The fraction of sp³-hybridized carbons (Fsp3) is 0.500. The highest BCUT2D eigenvalue weighted by atomic mass is 16.5. The van der Waals surface area contributed by atoms with E-state index in [1.54, 1.807) is 27.0 Å². The van der Waals surface area contributed by atoms with Gasteiger partial charge >= 0.3 is 5.97 Å². The van der Waals surface area contributed by atoms with Gasteiger partial charge in [-0.15, -0.1) is 0 Å². The summed E-state index contributed by atoms with van der Waals surface area (Å²) in [6.45, 7) is 3.92. The van der Waals surface area contributed by atoms with Gasteiger partial charge in [0.2, 0.25) is 0 Å². The van der Waals surface area contributed by atoms with Gasteiger partial charge in [0.15, 0.2) is 0 Å². The van der Waals surface area contributed by atoms with Crippen molar-refractivity contribution < 1.29 is 19.1 Å². The first-order valence-electron chi connectivity index (χ1n) is 6.47. The summed E-state index contributed by atoms with van der Waals surface area (Å²) in [6, 6.07) is 1.75. The van der Waals surface area contributed by atoms with Gasteiger partial charge in [0.1, 0.15) is 12.1 Å². The van der Waals surface area contributed by atoms with Crippen molar-refractivity contribution in [1.82, 2.24) is 9.88 Å². The van der Waals surface area contributed by atoms with Gasteiger partial charge in [-0.2, -0.15) is 0 Å². The summed E-state index contributed by atoms with van der Waals surface area (Å²) in [5, 5.41) is 2.38. The molecule has 1 amide bonds. The van der Waals surface area contributed by atoms with Gasteiger partial charge in [-0.1, -0.05) is 0 Å². The number of carbonyl (C=O) groups excluding carboxylic acids is 2. The molecule has 1 rings (SSSR count). The number of ether oxygens (including phenoxy) is 2. The molecule has 1 heterocycles. The Labute approximate surface area is 122 Å². The Morgan fingerprint density at radius 2 is 1.95 bits per heavy atom. The Bertz CT molecular complexity index is 592. The number of rotatable bonds is 6. The van der Waals surface area contributed by atoms with Crippen LogP contribution >= 0.6 is 0 Å². The van der Waals surface area contributed by atoms with E-state index >= 15 is 0 Å². The van der Waals surface area contributed by atoms with Crippen molar-refractivity contribution >= 4 is 11.9 Å². The molecular formula is C14H20N2O5. The first-order valence-corrected chi connectivity index (χ1v) is 6.47. The number of aryl methyl sites for hydroxylation is 2. The Morgan fingerprint density at radius 3 is 2.52 bits per heavy atom. The molecule has 0 atom stereocenters. The maximum absolute atomic E-state index is 12.4. The predicted molar refractivity (Wildman–Crippen MR) is 76.4 cm³/mol. The molecule has 0 bridgehead atoms. The molecule has 1 aromatic rings. The van der Waals surface area contributed by atoms with Crippen molar-refractivity contribution in [1.29, 1.82) is 0 Å². The summed E-state index contributed by atoms with van der Waals surface area (Å²) in [7, 11) is 2.77. The molecule has 0 saturated heterocycles. The van der Waals surface area contributed by atoms with Crippen LogP contribution in [0.2, 0.25) is 0 Å². The van der Waals surface area contributed by atoms with Crippen LogP contribution in [0.4, 0.5) is 0 Å². The van der Waals surface area contributed by atoms with Gasteiger partial charge < -0.3 is 19.4 Å². The minimum Gasteiger partial charge on any atom is -0.468 e. The lowest BCUT2D eigenvalue weighted by Crippen LogP contribution is -2.37. The summed E-state index contributed by atoms with van der Waals surface area (Å²) in [5.41, 5.74) is 0.945. The average molecular weight is 296 g/mol. The zero-order valence-electron chi connectivity index (χ0n) is 12.7. The lowest BCUT2D eigenvalue weighted by Gasteiger charge is -2.14. The van der Waals surface area contributed by atoms with Crippen LogP contribution in [0.3, 0.4) is 0 Å². The van der Waals surface area contributed by atoms with Crippen LogP contribution in [-0.4, -0.2) is 43.8 Å². The molecule has 0 saturated carbocycles. The first-order chi connectivity index (χ1) is 9.92. The zero-order valence-corrected chi connectivity index (χ0v) is 12.7. The van der Waals surface area contributed by atoms with Crippen LogP contribution < -0.4 is 10.9 Å². The number of nitrogens with zero attached hydrogens (tertiary/aromatic N) is 1. The fourth-order valence-corrected chi connectivity index (χ4v) is 1.98. The molecule has 0 fully saturated rings. The second-order valence-electron chi connectivity index (χ2n) is 4.55. The number of esters is 1. The quantitative estimate of drug-likeness (QED) is 0.748. The van der Waals surface area contributed by atoms with E-state index in [2.05, 4.69) is 10.1 Å². The molecule has 7 nitrogen and oxygen atoms in total. The summed E-state index contributed by atoms with van der Waals surface area (Å²) in [6.07, 6.45) is 0. The normalized spacial score (nSPS) is 10.3. The average Bonchev–Trinajstić information content (AvgIpc) is 2.44. The first kappa shape index (κ1) is 16.9. The van der Waals surface area contributed by atoms with E-state index in [1.165, 1.54) is 11.7 Å². The molecule has 0 spiro atoms. The van der Waals surface area contributed by atoms with Crippen LogP contribution in [0, 0.1) is 13.8 Å². The number of carbonyl (C=O) groups is 2. The van der Waals surface area contributed by atoms with Crippen molar-refractivity contribution in [3.05, 3.63) is 33.2 Å². The van der Waals surface area contributed by atoms with Crippen LogP contribution in [0.1, 0.15) is 21.6 Å². The molecule has 7 heteroatoms. The van der Waals surface area contributed by atoms with Gasteiger partial charge in [0.05, 0.1) is 13.7 Å². The fourth-order valence-electron chi connectivity index (χ4n) is 1.98. The Balaban J connectivity index is 3.08. The van der Waals surface area contributed by atoms with Crippen LogP contribution in [0.25, 0.3) is 0 Å². The highest BCUT2D eigenvalue weighted by molar-refractivity contribution is 5.96. The number of methoxy groups -OCH3 is 2. The molecule has 21 heavy (non-hydrogen) atoms. The van der Waals surface area contributed by atoms with Crippen molar-refractivity contribution in [3.63, 3.8) is 0 Å². The van der Waals surface area contributed by atoms with E-state index in [0.717, 1.165) is 5.69 Å². The Hall–Kier alpha value is -2.15. The summed E-state index contributed by atoms with van der Waals surface area (Å²) >= 11 is 0.